The van der Waals surface area contributed by atoms with Crippen molar-refractivity contribution in [2.24, 2.45) is 0 Å². The van der Waals surface area contributed by atoms with Gasteiger partial charge in [0.05, 0.1) is 11.1 Å². The van der Waals surface area contributed by atoms with E-state index >= 15 is 0 Å². The molecule has 0 saturated carbocycles. The molecule has 0 spiro atoms. The molecule has 3 aromatic rings. The summed E-state index contributed by atoms with van der Waals surface area (Å²) in [6, 6.07) is 9.87. The van der Waals surface area contributed by atoms with Crippen LogP contribution in [-0.2, 0) is 0 Å². The van der Waals surface area contributed by atoms with Crippen LogP contribution in [0.2, 0.25) is 5.02 Å². The van der Waals surface area contributed by atoms with Crippen molar-refractivity contribution >= 4 is 22.6 Å². The van der Waals surface area contributed by atoms with Crippen LogP contribution in [0.5, 0.6) is 0 Å². The van der Waals surface area contributed by atoms with Crippen molar-refractivity contribution in [3.8, 4) is 0 Å². The summed E-state index contributed by atoms with van der Waals surface area (Å²) < 4.78 is 6.01. The van der Waals surface area contributed by atoms with Crippen molar-refractivity contribution in [2.45, 2.75) is 19.9 Å². The molecule has 1 N–H and O–H groups in total. The number of nitrogens with zero attached hydrogens (tertiary/aromatic N) is 1. The standard InChI is InChI=1S/C17H17ClN2O/c1-3-20-16(13-7-8-19-10-11(13)2)15-9-12-5-4-6-14(18)17(12)21-15/h4-10,16,20H,3H2,1-2H3. The topological polar surface area (TPSA) is 38.1 Å². The number of aromatic nitrogens is 1. The summed E-state index contributed by atoms with van der Waals surface area (Å²) in [5, 5.41) is 5.13. The number of para-hydroxylation sites is 1. The lowest BCUT2D eigenvalue weighted by Crippen LogP contribution is -2.22. The Balaban J connectivity index is 2.11. The number of fused-ring (bicyclic) bond motifs is 1. The van der Waals surface area contributed by atoms with Gasteiger partial charge in [-0.25, -0.2) is 0 Å². The van der Waals surface area contributed by atoms with E-state index in [-0.39, 0.29) is 6.04 Å². The smallest absolute Gasteiger partial charge is 0.152 e. The van der Waals surface area contributed by atoms with Crippen molar-refractivity contribution in [3.63, 3.8) is 0 Å². The van der Waals surface area contributed by atoms with Crippen LogP contribution < -0.4 is 5.32 Å². The van der Waals surface area contributed by atoms with Gasteiger partial charge >= 0.3 is 0 Å². The zero-order valence-corrected chi connectivity index (χ0v) is 12.8. The van der Waals surface area contributed by atoms with Gasteiger partial charge in [0.25, 0.3) is 0 Å². The third-order valence-corrected chi connectivity index (χ3v) is 3.88. The minimum Gasteiger partial charge on any atom is -0.457 e. The zero-order valence-electron chi connectivity index (χ0n) is 12.1. The number of benzene rings is 1. The molecule has 0 aliphatic heterocycles. The highest BCUT2D eigenvalue weighted by atomic mass is 35.5. The highest BCUT2D eigenvalue weighted by molar-refractivity contribution is 6.34. The normalized spacial score (nSPS) is 12.7. The molecule has 108 valence electrons. The Hall–Kier alpha value is -1.84. The maximum atomic E-state index is 6.21. The van der Waals surface area contributed by atoms with Crippen LogP contribution in [0.3, 0.4) is 0 Å². The first-order valence-electron chi connectivity index (χ1n) is 7.02. The van der Waals surface area contributed by atoms with E-state index in [4.69, 9.17) is 16.0 Å². The second kappa shape index (κ2) is 5.88. The predicted molar refractivity (Wildman–Crippen MR) is 85.7 cm³/mol. The van der Waals surface area contributed by atoms with Gasteiger partial charge in [-0.2, -0.15) is 0 Å². The molecule has 0 radical (unpaired) electrons. The van der Waals surface area contributed by atoms with Crippen molar-refractivity contribution in [1.29, 1.82) is 0 Å². The van der Waals surface area contributed by atoms with Crippen LogP contribution in [0.4, 0.5) is 0 Å². The Kier molecular flexibility index (Phi) is 3.95. The highest BCUT2D eigenvalue weighted by Crippen LogP contribution is 2.32. The van der Waals surface area contributed by atoms with E-state index in [0.717, 1.165) is 28.8 Å². The van der Waals surface area contributed by atoms with Gasteiger partial charge in [0.1, 0.15) is 5.76 Å². The summed E-state index contributed by atoms with van der Waals surface area (Å²) >= 11 is 6.21. The lowest BCUT2D eigenvalue weighted by molar-refractivity contribution is 0.476. The summed E-state index contributed by atoms with van der Waals surface area (Å²) in [5.74, 6) is 0.870. The van der Waals surface area contributed by atoms with Crippen LogP contribution in [-0.4, -0.2) is 11.5 Å². The van der Waals surface area contributed by atoms with Gasteiger partial charge in [-0.1, -0.05) is 30.7 Å². The van der Waals surface area contributed by atoms with Crippen molar-refractivity contribution in [1.82, 2.24) is 10.3 Å². The second-order valence-electron chi connectivity index (χ2n) is 5.03. The fourth-order valence-corrected chi connectivity index (χ4v) is 2.79. The number of aryl methyl sites for hydroxylation is 1. The van der Waals surface area contributed by atoms with Crippen LogP contribution in [0.15, 0.2) is 47.1 Å². The van der Waals surface area contributed by atoms with Crippen LogP contribution >= 0.6 is 11.6 Å². The molecule has 0 saturated heterocycles. The average molecular weight is 301 g/mol. The van der Waals surface area contributed by atoms with E-state index in [1.54, 1.807) is 0 Å². The van der Waals surface area contributed by atoms with Crippen LogP contribution in [0.1, 0.15) is 29.9 Å². The van der Waals surface area contributed by atoms with Gasteiger partial charge in [0.15, 0.2) is 5.58 Å². The summed E-state index contributed by atoms with van der Waals surface area (Å²) in [7, 11) is 0. The van der Waals surface area contributed by atoms with E-state index in [1.807, 2.05) is 36.7 Å². The van der Waals surface area contributed by atoms with Gasteiger partial charge in [-0.05, 0) is 42.8 Å². The molecule has 0 bridgehead atoms. The second-order valence-corrected chi connectivity index (χ2v) is 5.44. The van der Waals surface area contributed by atoms with E-state index in [9.17, 15) is 0 Å². The van der Waals surface area contributed by atoms with E-state index in [1.165, 1.54) is 5.56 Å². The molecule has 21 heavy (non-hydrogen) atoms. The number of furan rings is 1. The first-order valence-corrected chi connectivity index (χ1v) is 7.40. The Bertz CT molecular complexity index is 766. The molecular weight excluding hydrogens is 284 g/mol. The van der Waals surface area contributed by atoms with E-state index in [0.29, 0.717) is 5.02 Å². The van der Waals surface area contributed by atoms with Gasteiger partial charge < -0.3 is 9.73 Å². The number of nitrogens with one attached hydrogen (secondary N) is 1. The molecule has 0 fully saturated rings. The minimum atomic E-state index is 0.00136. The summed E-state index contributed by atoms with van der Waals surface area (Å²) in [5.41, 5.74) is 3.04. The monoisotopic (exact) mass is 300 g/mol. The average Bonchev–Trinajstić information content (AvgIpc) is 2.91. The van der Waals surface area contributed by atoms with Crippen LogP contribution in [0.25, 0.3) is 11.0 Å². The Labute approximate surface area is 128 Å². The molecule has 0 amide bonds. The van der Waals surface area contributed by atoms with Gasteiger partial charge in [0, 0.05) is 17.8 Å². The molecule has 1 aromatic carbocycles. The lowest BCUT2D eigenvalue weighted by Gasteiger charge is -2.17. The molecule has 2 aromatic heterocycles. The highest BCUT2D eigenvalue weighted by Gasteiger charge is 2.20. The number of hydrogen-bond donors (Lipinski definition) is 1. The molecule has 0 aliphatic carbocycles. The maximum Gasteiger partial charge on any atom is 0.152 e. The lowest BCUT2D eigenvalue weighted by atomic mass is 10.0. The fraction of sp³-hybridized carbons (Fsp3) is 0.235. The Morgan fingerprint density at radius 2 is 2.19 bits per heavy atom. The number of rotatable bonds is 4. The summed E-state index contributed by atoms with van der Waals surface area (Å²) in [6.07, 6.45) is 3.68. The van der Waals surface area contributed by atoms with Crippen molar-refractivity contribution in [3.05, 3.63) is 64.6 Å². The molecule has 3 nitrogen and oxygen atoms in total. The van der Waals surface area contributed by atoms with E-state index in [2.05, 4.69) is 30.2 Å². The van der Waals surface area contributed by atoms with Crippen molar-refractivity contribution in [2.75, 3.05) is 6.54 Å². The zero-order chi connectivity index (χ0) is 14.8. The quantitative estimate of drug-likeness (QED) is 0.771. The predicted octanol–water partition coefficient (Wildman–Crippen LogP) is 4.49. The maximum absolute atomic E-state index is 6.21. The number of pyridine rings is 1. The third-order valence-electron chi connectivity index (χ3n) is 3.58. The largest absolute Gasteiger partial charge is 0.457 e. The molecule has 1 unspecified atom stereocenters. The van der Waals surface area contributed by atoms with Gasteiger partial charge in [0.2, 0.25) is 0 Å². The molecule has 2 heterocycles. The number of hydrogen-bond acceptors (Lipinski definition) is 3. The molecular formula is C17H17ClN2O. The SMILES string of the molecule is CCNC(c1cc2cccc(Cl)c2o1)c1ccncc1C. The van der Waals surface area contributed by atoms with Crippen LogP contribution in [0, 0.1) is 6.92 Å². The molecule has 4 heteroatoms. The Morgan fingerprint density at radius 3 is 2.90 bits per heavy atom. The first-order chi connectivity index (χ1) is 10.2. The molecule has 1 atom stereocenters. The molecule has 0 aliphatic rings. The van der Waals surface area contributed by atoms with Crippen molar-refractivity contribution < 1.29 is 4.42 Å². The third kappa shape index (κ3) is 2.67. The first kappa shape index (κ1) is 14.1. The number of halogens is 1. The molecule has 3 rings (SSSR count). The minimum absolute atomic E-state index is 0.00136. The Morgan fingerprint density at radius 1 is 1.33 bits per heavy atom. The van der Waals surface area contributed by atoms with Gasteiger partial charge in [-0.3, -0.25) is 4.98 Å². The summed E-state index contributed by atoms with van der Waals surface area (Å²) in [4.78, 5) is 4.16. The summed E-state index contributed by atoms with van der Waals surface area (Å²) in [6.45, 7) is 4.98. The van der Waals surface area contributed by atoms with E-state index < -0.39 is 0 Å². The van der Waals surface area contributed by atoms with Gasteiger partial charge in [-0.15, -0.1) is 0 Å². The fourth-order valence-electron chi connectivity index (χ4n) is 2.57.